The summed E-state index contributed by atoms with van der Waals surface area (Å²) in [4.78, 5) is 24.7. The second-order valence-electron chi connectivity index (χ2n) is 10.7. The third-order valence-electron chi connectivity index (χ3n) is 7.47. The van der Waals surface area contributed by atoms with Gasteiger partial charge >= 0.3 is 17.8 Å². The number of aromatic nitrogens is 3. The van der Waals surface area contributed by atoms with E-state index in [1.807, 2.05) is 43.3 Å². The molecule has 0 bridgehead atoms. The van der Waals surface area contributed by atoms with E-state index in [0.29, 0.717) is 48.6 Å². The zero-order valence-electron chi connectivity index (χ0n) is 24.9. The van der Waals surface area contributed by atoms with Crippen molar-refractivity contribution in [2.45, 2.75) is 45.3 Å². The zero-order valence-corrected chi connectivity index (χ0v) is 24.9. The van der Waals surface area contributed by atoms with E-state index in [4.69, 9.17) is 4.74 Å². The van der Waals surface area contributed by atoms with Gasteiger partial charge in [0.05, 0.1) is 30.8 Å². The molecule has 11 heteroatoms. The number of benzene rings is 4. The molecule has 0 atom stereocenters. The summed E-state index contributed by atoms with van der Waals surface area (Å²) in [5.41, 5.74) is 2.48. The highest BCUT2D eigenvalue weighted by atomic mass is 19.4. The molecule has 5 aromatic rings. The van der Waals surface area contributed by atoms with E-state index >= 15 is 0 Å². The number of para-hydroxylation sites is 1. The second kappa shape index (κ2) is 13.8. The maximum absolute atomic E-state index is 14.8. The molecule has 0 radical (unpaired) electrons. The fraction of sp³-hybridized carbons (Fsp3) is 0.229. The molecule has 0 unspecified atom stereocenters. The zero-order chi connectivity index (χ0) is 32.8. The summed E-state index contributed by atoms with van der Waals surface area (Å²) in [6.07, 6.45) is -3.08. The predicted octanol–water partition coefficient (Wildman–Crippen LogP) is 7.11. The van der Waals surface area contributed by atoms with E-state index in [-0.39, 0.29) is 18.7 Å². The van der Waals surface area contributed by atoms with Crippen LogP contribution in [0.3, 0.4) is 0 Å². The van der Waals surface area contributed by atoms with Crippen LogP contribution in [0.1, 0.15) is 41.4 Å². The number of halogens is 4. The highest BCUT2D eigenvalue weighted by molar-refractivity contribution is 5.74. The third-order valence-corrected chi connectivity index (χ3v) is 7.47. The Labute approximate surface area is 262 Å². The van der Waals surface area contributed by atoms with Gasteiger partial charge in [-0.3, -0.25) is 4.79 Å². The largest absolute Gasteiger partial charge is 0.494 e. The summed E-state index contributed by atoms with van der Waals surface area (Å²) in [6, 6.07) is 23.6. The van der Waals surface area contributed by atoms with Crippen LogP contribution in [0.4, 0.5) is 17.6 Å². The van der Waals surface area contributed by atoms with Crippen LogP contribution in [0.2, 0.25) is 0 Å². The van der Waals surface area contributed by atoms with E-state index in [2.05, 4.69) is 5.10 Å². The molecular formula is C35H31F4N3O4. The van der Waals surface area contributed by atoms with Crippen LogP contribution in [-0.4, -0.2) is 32.0 Å². The molecule has 1 aromatic heterocycles. The van der Waals surface area contributed by atoms with Crippen molar-refractivity contribution in [2.24, 2.45) is 0 Å². The number of alkyl halides is 3. The topological polar surface area (TPSA) is 86.4 Å². The first kappa shape index (κ1) is 32.2. The molecule has 0 aliphatic heterocycles. The molecule has 0 amide bonds. The van der Waals surface area contributed by atoms with Gasteiger partial charge in [0.15, 0.2) is 0 Å². The first-order chi connectivity index (χ1) is 22.0. The number of hydrogen-bond donors (Lipinski definition) is 1. The standard InChI is InChI=1S/C35H31F4N3O4/c1-2-46-31-19-16-26(20-27(31)21-33(43)44)25-14-10-23(11-15-25)6-5-9-32-40-41(22-24-12-17-28(18-13-24)35(37,38)39)34(45)42(32)30-8-4-3-7-29(30)36/h3-4,7-8,10-20H,2,5-6,9,21-22H2,1H3,(H,43,44). The van der Waals surface area contributed by atoms with Gasteiger partial charge in [0, 0.05) is 12.0 Å². The lowest BCUT2D eigenvalue weighted by molar-refractivity contribution is -0.138. The molecule has 0 saturated carbocycles. The normalized spacial score (nSPS) is 11.5. The van der Waals surface area contributed by atoms with E-state index in [9.17, 15) is 32.3 Å². The minimum Gasteiger partial charge on any atom is -0.494 e. The van der Waals surface area contributed by atoms with Crippen molar-refractivity contribution in [3.05, 3.63) is 135 Å². The maximum Gasteiger partial charge on any atom is 0.416 e. The lowest BCUT2D eigenvalue weighted by atomic mass is 9.98. The van der Waals surface area contributed by atoms with E-state index in [0.717, 1.165) is 33.5 Å². The first-order valence-electron chi connectivity index (χ1n) is 14.7. The lowest BCUT2D eigenvalue weighted by Crippen LogP contribution is -2.25. The number of carboxylic acids is 1. The second-order valence-corrected chi connectivity index (χ2v) is 10.7. The summed E-state index contributed by atoms with van der Waals surface area (Å²) in [6.45, 7) is 2.19. The van der Waals surface area contributed by atoms with Crippen LogP contribution in [0.5, 0.6) is 5.75 Å². The Morgan fingerprint density at radius 1 is 0.891 bits per heavy atom. The molecule has 1 heterocycles. The number of carboxylic acid groups (broad SMARTS) is 1. The number of aryl methyl sites for hydroxylation is 2. The van der Waals surface area contributed by atoms with Crippen molar-refractivity contribution in [1.29, 1.82) is 0 Å². The minimum atomic E-state index is -4.48. The summed E-state index contributed by atoms with van der Waals surface area (Å²) in [5, 5.41) is 13.8. The van der Waals surface area contributed by atoms with Crippen LogP contribution in [0.25, 0.3) is 16.8 Å². The van der Waals surface area contributed by atoms with Gasteiger partial charge in [-0.1, -0.05) is 54.6 Å². The number of rotatable bonds is 12. The third kappa shape index (κ3) is 7.53. The Kier molecular flexibility index (Phi) is 9.69. The molecule has 7 nitrogen and oxygen atoms in total. The maximum atomic E-state index is 14.8. The Morgan fingerprint density at radius 3 is 2.22 bits per heavy atom. The van der Waals surface area contributed by atoms with Gasteiger partial charge in [0.25, 0.3) is 0 Å². The molecule has 0 aliphatic rings. The van der Waals surface area contributed by atoms with Gasteiger partial charge in [0.1, 0.15) is 17.4 Å². The molecule has 4 aromatic carbocycles. The Hall–Kier alpha value is -5.19. The van der Waals surface area contributed by atoms with Crippen molar-refractivity contribution in [3.63, 3.8) is 0 Å². The highest BCUT2D eigenvalue weighted by Crippen LogP contribution is 2.30. The molecule has 46 heavy (non-hydrogen) atoms. The van der Waals surface area contributed by atoms with Crippen molar-refractivity contribution in [3.8, 4) is 22.6 Å². The number of carbonyl (C=O) groups is 1. The summed E-state index contributed by atoms with van der Waals surface area (Å²) >= 11 is 0. The molecule has 0 spiro atoms. The van der Waals surface area contributed by atoms with Crippen molar-refractivity contribution < 1.29 is 32.2 Å². The van der Waals surface area contributed by atoms with Crippen molar-refractivity contribution in [2.75, 3.05) is 6.61 Å². The predicted molar refractivity (Wildman–Crippen MR) is 165 cm³/mol. The molecular weight excluding hydrogens is 602 g/mol. The van der Waals surface area contributed by atoms with Crippen molar-refractivity contribution >= 4 is 5.97 Å². The van der Waals surface area contributed by atoms with Crippen LogP contribution in [0, 0.1) is 5.82 Å². The Bertz CT molecular complexity index is 1880. The smallest absolute Gasteiger partial charge is 0.416 e. The van der Waals surface area contributed by atoms with Gasteiger partial charge in [-0.2, -0.15) is 18.3 Å². The van der Waals surface area contributed by atoms with Gasteiger partial charge in [-0.15, -0.1) is 0 Å². The van der Waals surface area contributed by atoms with Gasteiger partial charge < -0.3 is 9.84 Å². The fourth-order valence-corrected chi connectivity index (χ4v) is 5.24. The lowest BCUT2D eigenvalue weighted by Gasteiger charge is -2.12. The monoisotopic (exact) mass is 633 g/mol. The van der Waals surface area contributed by atoms with Gasteiger partial charge in [0.2, 0.25) is 0 Å². The SMILES string of the molecule is CCOc1ccc(-c2ccc(CCCc3nn(Cc4ccc(C(F)(F)F)cc4)c(=O)n3-c3ccccc3F)cc2)cc1CC(=O)O. The van der Waals surface area contributed by atoms with Crippen LogP contribution < -0.4 is 10.4 Å². The van der Waals surface area contributed by atoms with E-state index in [1.54, 1.807) is 12.1 Å². The summed E-state index contributed by atoms with van der Waals surface area (Å²) in [5.74, 6) is -0.672. The molecule has 1 N–H and O–H groups in total. The first-order valence-corrected chi connectivity index (χ1v) is 14.7. The quantitative estimate of drug-likeness (QED) is 0.148. The molecule has 0 fully saturated rings. The molecule has 5 rings (SSSR count). The van der Waals surface area contributed by atoms with Crippen LogP contribution >= 0.6 is 0 Å². The summed E-state index contributed by atoms with van der Waals surface area (Å²) < 4.78 is 61.7. The highest BCUT2D eigenvalue weighted by Gasteiger charge is 2.30. The average Bonchev–Trinajstić information content (AvgIpc) is 3.32. The molecule has 238 valence electrons. The number of aliphatic carboxylic acids is 1. The molecule has 0 saturated heterocycles. The number of nitrogens with zero attached hydrogens (tertiary/aromatic N) is 3. The fourth-order valence-electron chi connectivity index (χ4n) is 5.24. The van der Waals surface area contributed by atoms with E-state index < -0.39 is 29.2 Å². The van der Waals surface area contributed by atoms with Crippen LogP contribution in [0.15, 0.2) is 95.8 Å². The minimum absolute atomic E-state index is 0.0446. The average molecular weight is 634 g/mol. The van der Waals surface area contributed by atoms with Crippen molar-refractivity contribution in [1.82, 2.24) is 14.3 Å². The van der Waals surface area contributed by atoms with Gasteiger partial charge in [-0.05, 0) is 78.4 Å². The van der Waals surface area contributed by atoms with Crippen LogP contribution in [-0.2, 0) is 36.8 Å². The van der Waals surface area contributed by atoms with Gasteiger partial charge in [-0.25, -0.2) is 18.4 Å². The number of ether oxygens (including phenoxy) is 1. The van der Waals surface area contributed by atoms with E-state index in [1.165, 1.54) is 34.9 Å². The Balaban J connectivity index is 1.33. The molecule has 0 aliphatic carbocycles. The Morgan fingerprint density at radius 2 is 1.57 bits per heavy atom. The number of hydrogen-bond acceptors (Lipinski definition) is 4. The summed E-state index contributed by atoms with van der Waals surface area (Å²) in [7, 11) is 0.